The van der Waals surface area contributed by atoms with Gasteiger partial charge in [-0.2, -0.15) is 0 Å². The second-order valence-corrected chi connectivity index (χ2v) is 4.90. The molecule has 2 fully saturated rings. The van der Waals surface area contributed by atoms with Gasteiger partial charge in [-0.1, -0.05) is 0 Å². The van der Waals surface area contributed by atoms with Gasteiger partial charge in [-0.05, 0) is 25.7 Å². The normalized spacial score (nSPS) is 31.3. The van der Waals surface area contributed by atoms with Crippen LogP contribution in [-0.4, -0.2) is 37.7 Å². The van der Waals surface area contributed by atoms with Crippen LogP contribution in [0.25, 0.3) is 0 Å². The number of carbonyl (C=O) groups is 1. The first-order valence-corrected chi connectivity index (χ1v) is 5.79. The maximum absolute atomic E-state index is 11.5. The van der Waals surface area contributed by atoms with Crippen molar-refractivity contribution in [1.29, 1.82) is 0 Å². The zero-order chi connectivity index (χ0) is 10.7. The zero-order valence-corrected chi connectivity index (χ0v) is 9.34. The Morgan fingerprint density at radius 1 is 1.60 bits per heavy atom. The summed E-state index contributed by atoms with van der Waals surface area (Å²) in [5, 5.41) is 6.24. The van der Waals surface area contributed by atoms with Crippen molar-refractivity contribution in [3.05, 3.63) is 0 Å². The van der Waals surface area contributed by atoms with Crippen LogP contribution < -0.4 is 10.6 Å². The number of rotatable bonds is 4. The van der Waals surface area contributed by atoms with Gasteiger partial charge in [0.1, 0.15) is 0 Å². The van der Waals surface area contributed by atoms with Crippen LogP contribution in [0.2, 0.25) is 0 Å². The minimum Gasteiger partial charge on any atom is -0.371 e. The predicted molar refractivity (Wildman–Crippen MR) is 57.6 cm³/mol. The molecule has 86 valence electrons. The van der Waals surface area contributed by atoms with Crippen LogP contribution in [0.15, 0.2) is 0 Å². The molecule has 2 aliphatic rings. The van der Waals surface area contributed by atoms with Crippen molar-refractivity contribution in [2.24, 2.45) is 5.92 Å². The molecule has 4 heteroatoms. The van der Waals surface area contributed by atoms with E-state index < -0.39 is 0 Å². The largest absolute Gasteiger partial charge is 0.371 e. The molecule has 15 heavy (non-hydrogen) atoms. The van der Waals surface area contributed by atoms with E-state index in [1.54, 1.807) is 0 Å². The SMILES string of the molecule is CC1(CNC(=O)CC2CC2)CNCCO1. The van der Waals surface area contributed by atoms with E-state index in [4.69, 9.17) is 4.74 Å². The molecule has 0 radical (unpaired) electrons. The molecular weight excluding hydrogens is 192 g/mol. The number of ether oxygens (including phenoxy) is 1. The molecule has 1 aliphatic heterocycles. The van der Waals surface area contributed by atoms with Crippen molar-refractivity contribution in [2.75, 3.05) is 26.2 Å². The molecule has 1 unspecified atom stereocenters. The maximum atomic E-state index is 11.5. The number of morpholine rings is 1. The number of hydrogen-bond acceptors (Lipinski definition) is 3. The van der Waals surface area contributed by atoms with Gasteiger partial charge >= 0.3 is 0 Å². The van der Waals surface area contributed by atoms with Gasteiger partial charge in [-0.3, -0.25) is 4.79 Å². The van der Waals surface area contributed by atoms with Crippen LogP contribution >= 0.6 is 0 Å². The van der Waals surface area contributed by atoms with Gasteiger partial charge in [0.25, 0.3) is 0 Å². The van der Waals surface area contributed by atoms with E-state index in [1.165, 1.54) is 12.8 Å². The molecule has 0 bridgehead atoms. The fraction of sp³-hybridized carbons (Fsp3) is 0.909. The summed E-state index contributed by atoms with van der Waals surface area (Å²) in [5.74, 6) is 0.830. The summed E-state index contributed by atoms with van der Waals surface area (Å²) in [5.41, 5.74) is -0.225. The second kappa shape index (κ2) is 4.49. The highest BCUT2D eigenvalue weighted by atomic mass is 16.5. The summed E-state index contributed by atoms with van der Waals surface area (Å²) in [6.45, 7) is 5.11. The first kappa shape index (κ1) is 10.9. The topological polar surface area (TPSA) is 50.4 Å². The van der Waals surface area contributed by atoms with Crippen LogP contribution in [0.5, 0.6) is 0 Å². The third-order valence-electron chi connectivity index (χ3n) is 3.06. The van der Waals surface area contributed by atoms with E-state index in [-0.39, 0.29) is 11.5 Å². The Morgan fingerprint density at radius 2 is 2.40 bits per heavy atom. The van der Waals surface area contributed by atoms with Gasteiger partial charge in [0.2, 0.25) is 5.91 Å². The van der Waals surface area contributed by atoms with E-state index >= 15 is 0 Å². The highest BCUT2D eigenvalue weighted by Crippen LogP contribution is 2.32. The Hall–Kier alpha value is -0.610. The van der Waals surface area contributed by atoms with Crippen molar-refractivity contribution in [3.8, 4) is 0 Å². The van der Waals surface area contributed by atoms with Gasteiger partial charge < -0.3 is 15.4 Å². The smallest absolute Gasteiger partial charge is 0.220 e. The molecule has 0 spiro atoms. The minimum absolute atomic E-state index is 0.174. The van der Waals surface area contributed by atoms with Gasteiger partial charge in [0.15, 0.2) is 0 Å². The first-order valence-electron chi connectivity index (χ1n) is 5.79. The van der Waals surface area contributed by atoms with Gasteiger partial charge in [0.05, 0.1) is 12.2 Å². The van der Waals surface area contributed by atoms with Crippen molar-refractivity contribution in [3.63, 3.8) is 0 Å². The third-order valence-corrected chi connectivity index (χ3v) is 3.06. The molecule has 1 saturated carbocycles. The lowest BCUT2D eigenvalue weighted by atomic mass is 10.1. The lowest BCUT2D eigenvalue weighted by Gasteiger charge is -2.34. The Bertz CT molecular complexity index is 233. The maximum Gasteiger partial charge on any atom is 0.220 e. The average molecular weight is 212 g/mol. The van der Waals surface area contributed by atoms with Crippen LogP contribution in [-0.2, 0) is 9.53 Å². The molecule has 4 nitrogen and oxygen atoms in total. The Balaban J connectivity index is 1.68. The lowest BCUT2D eigenvalue weighted by molar-refractivity contribution is -0.123. The van der Waals surface area contributed by atoms with E-state index in [0.29, 0.717) is 18.9 Å². The average Bonchev–Trinajstić information content (AvgIpc) is 3.00. The number of nitrogens with one attached hydrogen (secondary N) is 2. The van der Waals surface area contributed by atoms with E-state index in [2.05, 4.69) is 10.6 Å². The molecule has 1 saturated heterocycles. The summed E-state index contributed by atoms with van der Waals surface area (Å²) in [6, 6.07) is 0. The number of carbonyl (C=O) groups excluding carboxylic acids is 1. The van der Waals surface area contributed by atoms with Crippen molar-refractivity contribution >= 4 is 5.91 Å². The van der Waals surface area contributed by atoms with Crippen LogP contribution in [0.1, 0.15) is 26.2 Å². The summed E-state index contributed by atoms with van der Waals surface area (Å²) in [4.78, 5) is 11.5. The fourth-order valence-electron chi connectivity index (χ4n) is 1.83. The first-order chi connectivity index (χ1) is 7.18. The molecule has 0 aromatic rings. The van der Waals surface area contributed by atoms with Gasteiger partial charge in [-0.15, -0.1) is 0 Å². The molecule has 0 aromatic heterocycles. The number of amides is 1. The van der Waals surface area contributed by atoms with E-state index in [9.17, 15) is 4.79 Å². The van der Waals surface area contributed by atoms with Crippen LogP contribution in [0.4, 0.5) is 0 Å². The van der Waals surface area contributed by atoms with E-state index in [0.717, 1.165) is 19.7 Å². The predicted octanol–water partition coefficient (Wildman–Crippen LogP) is 0.281. The van der Waals surface area contributed by atoms with Crippen molar-refractivity contribution in [1.82, 2.24) is 10.6 Å². The summed E-state index contributed by atoms with van der Waals surface area (Å²) < 4.78 is 5.66. The molecule has 1 aliphatic carbocycles. The quantitative estimate of drug-likeness (QED) is 0.704. The molecule has 1 atom stereocenters. The number of hydrogen-bond donors (Lipinski definition) is 2. The van der Waals surface area contributed by atoms with Crippen molar-refractivity contribution < 1.29 is 9.53 Å². The summed E-state index contributed by atoms with van der Waals surface area (Å²) in [6.07, 6.45) is 3.15. The molecule has 1 heterocycles. The molecule has 2 N–H and O–H groups in total. The molecule has 1 amide bonds. The Morgan fingerprint density at radius 3 is 3.00 bits per heavy atom. The Labute approximate surface area is 90.8 Å². The van der Waals surface area contributed by atoms with Gasteiger partial charge in [-0.25, -0.2) is 0 Å². The third kappa shape index (κ3) is 3.47. The van der Waals surface area contributed by atoms with Crippen molar-refractivity contribution in [2.45, 2.75) is 31.8 Å². The Kier molecular flexibility index (Phi) is 3.26. The second-order valence-electron chi connectivity index (χ2n) is 4.90. The standard InChI is InChI=1S/C11H20N2O2/c1-11(7-12-4-5-15-11)8-13-10(14)6-9-2-3-9/h9,12H,2-8H2,1H3,(H,13,14). The van der Waals surface area contributed by atoms with E-state index in [1.807, 2.05) is 6.92 Å². The monoisotopic (exact) mass is 212 g/mol. The van der Waals surface area contributed by atoms with Crippen LogP contribution in [0, 0.1) is 5.92 Å². The molecular formula is C11H20N2O2. The molecule has 0 aromatic carbocycles. The fourth-order valence-corrected chi connectivity index (χ4v) is 1.83. The highest BCUT2D eigenvalue weighted by molar-refractivity contribution is 5.76. The zero-order valence-electron chi connectivity index (χ0n) is 9.34. The summed E-state index contributed by atoms with van der Waals surface area (Å²) in [7, 11) is 0. The highest BCUT2D eigenvalue weighted by Gasteiger charge is 2.29. The summed E-state index contributed by atoms with van der Waals surface area (Å²) >= 11 is 0. The lowest BCUT2D eigenvalue weighted by Crippen LogP contribution is -2.54. The van der Waals surface area contributed by atoms with Gasteiger partial charge in [0, 0.05) is 26.1 Å². The minimum atomic E-state index is -0.225. The molecule has 2 rings (SSSR count). The van der Waals surface area contributed by atoms with Crippen LogP contribution in [0.3, 0.4) is 0 Å².